The van der Waals surface area contributed by atoms with Crippen molar-refractivity contribution in [2.75, 3.05) is 16.8 Å². The molecular weight excluding hydrogens is 288 g/mol. The molecule has 0 aromatic heterocycles. The second-order valence-corrected chi connectivity index (χ2v) is 5.36. The molecule has 1 aromatic rings. The van der Waals surface area contributed by atoms with Crippen molar-refractivity contribution in [3.05, 3.63) is 28.8 Å². The summed E-state index contributed by atoms with van der Waals surface area (Å²) < 4.78 is 0. The van der Waals surface area contributed by atoms with Crippen molar-refractivity contribution in [3.8, 4) is 0 Å². The van der Waals surface area contributed by atoms with Crippen molar-refractivity contribution >= 4 is 40.9 Å². The predicted molar refractivity (Wildman–Crippen MR) is 77.8 cm³/mol. The standard InChI is InChI=1S/C12H15ClN2O3S/c1-7-8(13)3-2-4-10(7)15-11(16)6-19-5-9(14)12(17)18/h2-4,9H,5-6,14H2,1H3,(H,15,16)(H,17,18). The Kier molecular flexibility index (Phi) is 6.14. The lowest BCUT2D eigenvalue weighted by atomic mass is 10.2. The van der Waals surface area contributed by atoms with Crippen molar-refractivity contribution < 1.29 is 14.7 Å². The number of hydrogen-bond donors (Lipinski definition) is 3. The minimum atomic E-state index is -1.07. The first-order valence-corrected chi connectivity index (χ1v) is 7.06. The highest BCUT2D eigenvalue weighted by Gasteiger charge is 2.12. The smallest absolute Gasteiger partial charge is 0.321 e. The third kappa shape index (κ3) is 5.10. The van der Waals surface area contributed by atoms with Gasteiger partial charge in [-0.05, 0) is 24.6 Å². The molecule has 1 aromatic carbocycles. The third-order valence-electron chi connectivity index (χ3n) is 2.39. The van der Waals surface area contributed by atoms with Crippen LogP contribution >= 0.6 is 23.4 Å². The zero-order valence-corrected chi connectivity index (χ0v) is 11.9. The molecule has 7 heteroatoms. The molecule has 0 saturated carbocycles. The van der Waals surface area contributed by atoms with E-state index in [1.54, 1.807) is 18.2 Å². The fourth-order valence-corrected chi connectivity index (χ4v) is 2.23. The van der Waals surface area contributed by atoms with Gasteiger partial charge in [0, 0.05) is 16.5 Å². The van der Waals surface area contributed by atoms with Gasteiger partial charge in [0.05, 0.1) is 5.75 Å². The van der Waals surface area contributed by atoms with Crippen LogP contribution in [0.2, 0.25) is 5.02 Å². The molecule has 5 nitrogen and oxygen atoms in total. The minimum absolute atomic E-state index is 0.146. The predicted octanol–water partition coefficient (Wildman–Crippen LogP) is 1.73. The van der Waals surface area contributed by atoms with Crippen molar-refractivity contribution in [1.29, 1.82) is 0 Å². The van der Waals surface area contributed by atoms with E-state index in [-0.39, 0.29) is 17.4 Å². The fraction of sp³-hybridized carbons (Fsp3) is 0.333. The zero-order chi connectivity index (χ0) is 14.4. The summed E-state index contributed by atoms with van der Waals surface area (Å²) in [5.41, 5.74) is 6.78. The van der Waals surface area contributed by atoms with E-state index in [1.165, 1.54) is 11.8 Å². The van der Waals surface area contributed by atoms with E-state index in [0.29, 0.717) is 10.7 Å². The summed E-state index contributed by atoms with van der Waals surface area (Å²) in [7, 11) is 0. The van der Waals surface area contributed by atoms with Crippen LogP contribution in [0.15, 0.2) is 18.2 Å². The van der Waals surface area contributed by atoms with Gasteiger partial charge in [-0.15, -0.1) is 11.8 Å². The van der Waals surface area contributed by atoms with Gasteiger partial charge in [-0.2, -0.15) is 0 Å². The number of benzene rings is 1. The molecular formula is C12H15ClN2O3S. The lowest BCUT2D eigenvalue weighted by molar-refractivity contribution is -0.137. The third-order valence-corrected chi connectivity index (χ3v) is 3.86. The number of rotatable bonds is 6. The van der Waals surface area contributed by atoms with Gasteiger partial charge >= 0.3 is 5.97 Å². The Labute approximate surface area is 120 Å². The molecule has 0 radical (unpaired) electrons. The van der Waals surface area contributed by atoms with E-state index >= 15 is 0 Å². The normalized spacial score (nSPS) is 11.9. The maximum atomic E-state index is 11.7. The topological polar surface area (TPSA) is 92.4 Å². The fourth-order valence-electron chi connectivity index (χ4n) is 1.28. The first kappa shape index (κ1) is 15.8. The van der Waals surface area contributed by atoms with Crippen LogP contribution in [-0.2, 0) is 9.59 Å². The Morgan fingerprint density at radius 2 is 2.21 bits per heavy atom. The van der Waals surface area contributed by atoms with Crippen molar-refractivity contribution in [3.63, 3.8) is 0 Å². The van der Waals surface area contributed by atoms with Gasteiger partial charge in [0.25, 0.3) is 0 Å². The van der Waals surface area contributed by atoms with E-state index in [2.05, 4.69) is 5.32 Å². The highest BCUT2D eigenvalue weighted by Crippen LogP contribution is 2.23. The second-order valence-electron chi connectivity index (χ2n) is 3.92. The van der Waals surface area contributed by atoms with E-state index in [1.807, 2.05) is 6.92 Å². The number of amides is 1. The van der Waals surface area contributed by atoms with Crippen LogP contribution in [0.25, 0.3) is 0 Å². The van der Waals surface area contributed by atoms with E-state index in [0.717, 1.165) is 5.56 Å². The zero-order valence-electron chi connectivity index (χ0n) is 10.4. The first-order valence-electron chi connectivity index (χ1n) is 5.53. The largest absolute Gasteiger partial charge is 0.480 e. The summed E-state index contributed by atoms with van der Waals surface area (Å²) in [4.78, 5) is 22.2. The Morgan fingerprint density at radius 3 is 2.84 bits per heavy atom. The molecule has 0 aliphatic heterocycles. The van der Waals surface area contributed by atoms with Crippen LogP contribution in [0.4, 0.5) is 5.69 Å². The van der Waals surface area contributed by atoms with E-state index in [9.17, 15) is 9.59 Å². The first-order chi connectivity index (χ1) is 8.91. The lowest BCUT2D eigenvalue weighted by Crippen LogP contribution is -2.33. The van der Waals surface area contributed by atoms with E-state index < -0.39 is 12.0 Å². The number of aliphatic carboxylic acids is 1. The van der Waals surface area contributed by atoms with Crippen molar-refractivity contribution in [2.24, 2.45) is 5.73 Å². The number of hydrogen-bond acceptors (Lipinski definition) is 4. The quantitative estimate of drug-likeness (QED) is 0.744. The number of nitrogens with two attached hydrogens (primary N) is 1. The number of carboxylic acids is 1. The Balaban J connectivity index is 2.43. The highest BCUT2D eigenvalue weighted by molar-refractivity contribution is 8.00. The molecule has 0 aliphatic rings. The minimum Gasteiger partial charge on any atom is -0.480 e. The van der Waals surface area contributed by atoms with Crippen LogP contribution in [0.3, 0.4) is 0 Å². The monoisotopic (exact) mass is 302 g/mol. The van der Waals surface area contributed by atoms with Crippen LogP contribution in [-0.4, -0.2) is 34.5 Å². The van der Waals surface area contributed by atoms with Crippen LogP contribution in [0, 0.1) is 6.92 Å². The SMILES string of the molecule is Cc1c(Cl)cccc1NC(=O)CSCC(N)C(=O)O. The molecule has 1 atom stereocenters. The van der Waals surface area contributed by atoms with Gasteiger partial charge in [-0.3, -0.25) is 9.59 Å². The Bertz CT molecular complexity index is 482. The van der Waals surface area contributed by atoms with Crippen molar-refractivity contribution in [1.82, 2.24) is 0 Å². The second kappa shape index (κ2) is 7.37. The number of thioether (sulfide) groups is 1. The number of halogens is 1. The van der Waals surface area contributed by atoms with Crippen LogP contribution in [0.5, 0.6) is 0 Å². The lowest BCUT2D eigenvalue weighted by Gasteiger charge is -2.10. The summed E-state index contributed by atoms with van der Waals surface area (Å²) in [6.07, 6.45) is 0. The molecule has 19 heavy (non-hydrogen) atoms. The highest BCUT2D eigenvalue weighted by atomic mass is 35.5. The summed E-state index contributed by atoms with van der Waals surface area (Å²) >= 11 is 7.12. The number of anilines is 1. The van der Waals surface area contributed by atoms with Crippen molar-refractivity contribution in [2.45, 2.75) is 13.0 Å². The molecule has 4 N–H and O–H groups in total. The molecule has 104 valence electrons. The Hall–Kier alpha value is -1.24. The number of carboxylic acid groups (broad SMARTS) is 1. The summed E-state index contributed by atoms with van der Waals surface area (Å²) in [5.74, 6) is -0.948. The average Bonchev–Trinajstić information content (AvgIpc) is 2.34. The van der Waals surface area contributed by atoms with E-state index in [4.69, 9.17) is 22.4 Å². The van der Waals surface area contributed by atoms with Gasteiger partial charge in [-0.1, -0.05) is 17.7 Å². The molecule has 0 saturated heterocycles. The van der Waals surface area contributed by atoms with Crippen LogP contribution < -0.4 is 11.1 Å². The molecule has 0 fully saturated rings. The summed E-state index contributed by atoms with van der Waals surface area (Å²) in [6.45, 7) is 1.81. The van der Waals surface area contributed by atoms with Crippen LogP contribution in [0.1, 0.15) is 5.56 Å². The van der Waals surface area contributed by atoms with Gasteiger partial charge in [0.15, 0.2) is 0 Å². The molecule has 0 heterocycles. The Morgan fingerprint density at radius 1 is 1.53 bits per heavy atom. The molecule has 1 rings (SSSR count). The maximum Gasteiger partial charge on any atom is 0.321 e. The van der Waals surface area contributed by atoms with Gasteiger partial charge in [-0.25, -0.2) is 0 Å². The molecule has 1 unspecified atom stereocenters. The molecule has 1 amide bonds. The number of carbonyl (C=O) groups excluding carboxylic acids is 1. The van der Waals surface area contributed by atoms with Gasteiger partial charge < -0.3 is 16.2 Å². The maximum absolute atomic E-state index is 11.7. The average molecular weight is 303 g/mol. The molecule has 0 bridgehead atoms. The van der Waals surface area contributed by atoms with Gasteiger partial charge in [0.1, 0.15) is 6.04 Å². The number of nitrogens with one attached hydrogen (secondary N) is 1. The summed E-state index contributed by atoms with van der Waals surface area (Å²) in [5, 5.41) is 11.9. The van der Waals surface area contributed by atoms with Gasteiger partial charge in [0.2, 0.25) is 5.91 Å². The molecule has 0 spiro atoms. The number of carbonyl (C=O) groups is 2. The summed E-state index contributed by atoms with van der Waals surface area (Å²) in [6, 6.07) is 4.30. The molecule has 0 aliphatic carbocycles.